The number of benzene rings is 1. The number of fused-ring (bicyclic) bond motifs is 1. The first kappa shape index (κ1) is 12.4. The maximum Gasteiger partial charge on any atom is 0.113 e. The van der Waals surface area contributed by atoms with E-state index in [9.17, 15) is 0 Å². The van der Waals surface area contributed by atoms with E-state index in [1.807, 2.05) is 25.3 Å². The number of hydrogen-bond acceptors (Lipinski definition) is 3. The second kappa shape index (κ2) is 4.58. The van der Waals surface area contributed by atoms with Crippen LogP contribution < -0.4 is 5.73 Å². The molecule has 21 heavy (non-hydrogen) atoms. The van der Waals surface area contributed by atoms with Gasteiger partial charge in [-0.15, -0.1) is 0 Å². The molecule has 2 N–H and O–H groups in total. The van der Waals surface area contributed by atoms with E-state index in [-0.39, 0.29) is 0 Å². The Morgan fingerprint density at radius 2 is 2.10 bits per heavy atom. The summed E-state index contributed by atoms with van der Waals surface area (Å²) in [4.78, 5) is 9.20. The molecule has 0 aliphatic heterocycles. The number of anilines is 1. The Bertz CT molecular complexity index is 798. The summed E-state index contributed by atoms with van der Waals surface area (Å²) in [6, 6.07) is 10.2. The molecular weight excluding hydrogens is 260 g/mol. The van der Waals surface area contributed by atoms with Gasteiger partial charge in [0.15, 0.2) is 0 Å². The lowest BCUT2D eigenvalue weighted by Gasteiger charge is -2.09. The molecule has 1 saturated carbocycles. The van der Waals surface area contributed by atoms with Crippen LogP contribution in [-0.4, -0.2) is 14.5 Å². The standard InChI is InChI=1S/C17H18N4/c1-11-2-3-12(9-19-11)10-21-16-7-6-14(18)8-15(16)20-17(21)13-4-5-13/h2-3,6-9,13H,4-5,10,18H2,1H3. The molecule has 2 heterocycles. The van der Waals surface area contributed by atoms with E-state index in [0.717, 1.165) is 29.0 Å². The smallest absolute Gasteiger partial charge is 0.113 e. The van der Waals surface area contributed by atoms with Gasteiger partial charge in [-0.1, -0.05) is 6.07 Å². The van der Waals surface area contributed by atoms with Crippen molar-refractivity contribution < 1.29 is 0 Å². The van der Waals surface area contributed by atoms with Crippen LogP contribution in [0.15, 0.2) is 36.5 Å². The molecule has 0 saturated heterocycles. The van der Waals surface area contributed by atoms with Crippen molar-refractivity contribution in [3.8, 4) is 0 Å². The summed E-state index contributed by atoms with van der Waals surface area (Å²) in [5, 5.41) is 0. The zero-order chi connectivity index (χ0) is 14.4. The largest absolute Gasteiger partial charge is 0.399 e. The first-order valence-corrected chi connectivity index (χ1v) is 7.38. The summed E-state index contributed by atoms with van der Waals surface area (Å²) < 4.78 is 2.32. The van der Waals surface area contributed by atoms with Crippen molar-refractivity contribution in [1.82, 2.24) is 14.5 Å². The van der Waals surface area contributed by atoms with Gasteiger partial charge >= 0.3 is 0 Å². The number of aryl methyl sites for hydroxylation is 1. The van der Waals surface area contributed by atoms with Crippen LogP contribution in [0.4, 0.5) is 5.69 Å². The van der Waals surface area contributed by atoms with E-state index in [1.54, 1.807) is 0 Å². The summed E-state index contributed by atoms with van der Waals surface area (Å²) in [7, 11) is 0. The Hall–Kier alpha value is -2.36. The fourth-order valence-electron chi connectivity index (χ4n) is 2.76. The van der Waals surface area contributed by atoms with Crippen LogP contribution in [0.25, 0.3) is 11.0 Å². The molecular formula is C17H18N4. The highest BCUT2D eigenvalue weighted by Crippen LogP contribution is 2.41. The van der Waals surface area contributed by atoms with E-state index in [4.69, 9.17) is 10.7 Å². The highest BCUT2D eigenvalue weighted by Gasteiger charge is 2.29. The topological polar surface area (TPSA) is 56.7 Å². The fourth-order valence-corrected chi connectivity index (χ4v) is 2.76. The van der Waals surface area contributed by atoms with Gasteiger partial charge in [-0.05, 0) is 49.6 Å². The summed E-state index contributed by atoms with van der Waals surface area (Å²) in [5.74, 6) is 1.80. The Kier molecular flexibility index (Phi) is 2.70. The van der Waals surface area contributed by atoms with Gasteiger partial charge in [-0.3, -0.25) is 4.98 Å². The molecule has 1 fully saturated rings. The number of imidazole rings is 1. The normalized spacial score (nSPS) is 14.7. The van der Waals surface area contributed by atoms with E-state index >= 15 is 0 Å². The van der Waals surface area contributed by atoms with Crippen molar-refractivity contribution in [2.75, 3.05) is 5.73 Å². The van der Waals surface area contributed by atoms with Crippen LogP contribution in [0.3, 0.4) is 0 Å². The van der Waals surface area contributed by atoms with Gasteiger partial charge in [0, 0.05) is 23.5 Å². The number of aromatic nitrogens is 3. The summed E-state index contributed by atoms with van der Waals surface area (Å²) in [5.41, 5.74) is 11.1. The van der Waals surface area contributed by atoms with E-state index in [1.165, 1.54) is 24.2 Å². The van der Waals surface area contributed by atoms with Crippen molar-refractivity contribution in [2.45, 2.75) is 32.2 Å². The van der Waals surface area contributed by atoms with Gasteiger partial charge < -0.3 is 10.3 Å². The van der Waals surface area contributed by atoms with Crippen molar-refractivity contribution >= 4 is 16.7 Å². The van der Waals surface area contributed by atoms with Crippen LogP contribution in [0.1, 0.15) is 35.8 Å². The van der Waals surface area contributed by atoms with Gasteiger partial charge in [-0.25, -0.2) is 4.98 Å². The Labute approximate surface area is 123 Å². The molecule has 0 amide bonds. The Morgan fingerprint density at radius 3 is 2.81 bits per heavy atom. The zero-order valence-electron chi connectivity index (χ0n) is 12.1. The van der Waals surface area contributed by atoms with Crippen molar-refractivity contribution in [2.24, 2.45) is 0 Å². The molecule has 0 atom stereocenters. The molecule has 4 nitrogen and oxygen atoms in total. The molecule has 0 bridgehead atoms. The first-order chi connectivity index (χ1) is 10.2. The monoisotopic (exact) mass is 278 g/mol. The van der Waals surface area contributed by atoms with E-state index in [2.05, 4.69) is 27.8 Å². The SMILES string of the molecule is Cc1ccc(Cn2c(C3CC3)nc3cc(N)ccc32)cn1. The highest BCUT2D eigenvalue weighted by atomic mass is 15.1. The second-order valence-corrected chi connectivity index (χ2v) is 5.89. The number of hydrogen-bond donors (Lipinski definition) is 1. The van der Waals surface area contributed by atoms with E-state index in [0.29, 0.717) is 5.92 Å². The Balaban J connectivity index is 1.81. The molecule has 4 rings (SSSR count). The predicted octanol–water partition coefficient (Wildman–Crippen LogP) is 3.25. The highest BCUT2D eigenvalue weighted by molar-refractivity contribution is 5.80. The predicted molar refractivity (Wildman–Crippen MR) is 84.2 cm³/mol. The molecule has 2 aromatic heterocycles. The van der Waals surface area contributed by atoms with Gasteiger partial charge in [-0.2, -0.15) is 0 Å². The lowest BCUT2D eigenvalue weighted by molar-refractivity contribution is 0.744. The maximum atomic E-state index is 5.88. The zero-order valence-corrected chi connectivity index (χ0v) is 12.1. The van der Waals surface area contributed by atoms with Gasteiger partial charge in [0.25, 0.3) is 0 Å². The second-order valence-electron chi connectivity index (χ2n) is 5.89. The first-order valence-electron chi connectivity index (χ1n) is 7.38. The molecule has 4 heteroatoms. The molecule has 1 aliphatic carbocycles. The average Bonchev–Trinajstić information content (AvgIpc) is 3.25. The lowest BCUT2D eigenvalue weighted by Crippen LogP contribution is -2.04. The number of rotatable bonds is 3. The molecule has 0 radical (unpaired) electrons. The molecule has 0 spiro atoms. The number of nitrogens with zero attached hydrogens (tertiary/aromatic N) is 3. The van der Waals surface area contributed by atoms with Crippen LogP contribution in [0.2, 0.25) is 0 Å². The quantitative estimate of drug-likeness (QED) is 0.748. The van der Waals surface area contributed by atoms with Crippen LogP contribution in [0, 0.1) is 6.92 Å². The third kappa shape index (κ3) is 2.27. The maximum absolute atomic E-state index is 5.88. The number of pyridine rings is 1. The molecule has 106 valence electrons. The Morgan fingerprint density at radius 1 is 1.24 bits per heavy atom. The van der Waals surface area contributed by atoms with Crippen LogP contribution in [0.5, 0.6) is 0 Å². The molecule has 1 aliphatic rings. The average molecular weight is 278 g/mol. The minimum absolute atomic E-state index is 0.608. The minimum atomic E-state index is 0.608. The summed E-state index contributed by atoms with van der Waals surface area (Å²) in [6.45, 7) is 2.83. The summed E-state index contributed by atoms with van der Waals surface area (Å²) >= 11 is 0. The van der Waals surface area contributed by atoms with Crippen LogP contribution >= 0.6 is 0 Å². The van der Waals surface area contributed by atoms with Crippen molar-refractivity contribution in [3.05, 3.63) is 53.6 Å². The van der Waals surface area contributed by atoms with Crippen molar-refractivity contribution in [3.63, 3.8) is 0 Å². The van der Waals surface area contributed by atoms with Gasteiger partial charge in [0.05, 0.1) is 17.6 Å². The summed E-state index contributed by atoms with van der Waals surface area (Å²) in [6.07, 6.45) is 4.44. The molecule has 1 aromatic carbocycles. The lowest BCUT2D eigenvalue weighted by atomic mass is 10.2. The van der Waals surface area contributed by atoms with Crippen LogP contribution in [-0.2, 0) is 6.54 Å². The van der Waals surface area contributed by atoms with Gasteiger partial charge in [0.1, 0.15) is 5.82 Å². The third-order valence-electron chi connectivity index (χ3n) is 4.06. The number of nitrogen functional groups attached to an aromatic ring is 1. The third-order valence-corrected chi connectivity index (χ3v) is 4.06. The van der Waals surface area contributed by atoms with Gasteiger partial charge in [0.2, 0.25) is 0 Å². The minimum Gasteiger partial charge on any atom is -0.399 e. The fraction of sp³-hybridized carbons (Fsp3) is 0.294. The van der Waals surface area contributed by atoms with Crippen molar-refractivity contribution in [1.29, 1.82) is 0 Å². The number of nitrogens with two attached hydrogens (primary N) is 1. The molecule has 0 unspecified atom stereocenters. The van der Waals surface area contributed by atoms with E-state index < -0.39 is 0 Å². The molecule has 3 aromatic rings.